The Bertz CT molecular complexity index is 825. The molecule has 0 spiro atoms. The minimum Gasteiger partial charge on any atom is -0.376 e. The van der Waals surface area contributed by atoms with Crippen LogP contribution in [0.15, 0.2) is 31.7 Å². The first kappa shape index (κ1) is 16.1. The van der Waals surface area contributed by atoms with Crippen LogP contribution < -0.4 is 14.5 Å². The molecule has 0 amide bonds. The van der Waals surface area contributed by atoms with Crippen LogP contribution in [0.25, 0.3) is 0 Å². The maximum Gasteiger partial charge on any atom is 0.306 e. The predicted molar refractivity (Wildman–Crippen MR) is 89.0 cm³/mol. The van der Waals surface area contributed by atoms with E-state index in [1.165, 1.54) is 0 Å². The molecule has 114 valence electrons. The lowest BCUT2D eigenvalue weighted by molar-refractivity contribution is 0.602. The van der Waals surface area contributed by atoms with E-state index < -0.39 is 14.9 Å². The Balaban J connectivity index is 2.48. The number of nitrogens with one attached hydrogen (secondary N) is 2. The van der Waals surface area contributed by atoms with Crippen molar-refractivity contribution in [3.05, 3.63) is 38.0 Å². The Hall–Kier alpha value is -1.32. The second-order valence-electron chi connectivity index (χ2n) is 4.59. The van der Waals surface area contributed by atoms with Gasteiger partial charge in [0.25, 0.3) is 10.0 Å². The average molecular weight is 392 g/mol. The zero-order valence-corrected chi connectivity index (χ0v) is 14.8. The summed E-state index contributed by atoms with van der Waals surface area (Å²) in [6, 6.07) is 5.30. The van der Waals surface area contributed by atoms with E-state index in [2.05, 4.69) is 25.6 Å². The standard InChI is InChI=1S/C12H14BrN3O3S2/c1-7-11(20-12(17)14-7)21(18,19)15-9-6-8(13)4-5-10(9)16(2)3/h4-6,15H,1-3H3,(H,14,17). The zero-order valence-electron chi connectivity index (χ0n) is 11.6. The highest BCUT2D eigenvalue weighted by Crippen LogP contribution is 2.30. The minimum absolute atomic E-state index is 0.00261. The Morgan fingerprint density at radius 2 is 2.00 bits per heavy atom. The first-order valence-electron chi connectivity index (χ1n) is 5.90. The first-order chi connectivity index (χ1) is 9.70. The highest BCUT2D eigenvalue weighted by molar-refractivity contribution is 9.10. The molecule has 0 atom stereocenters. The molecule has 1 heterocycles. The number of sulfonamides is 1. The quantitative estimate of drug-likeness (QED) is 0.837. The smallest absolute Gasteiger partial charge is 0.306 e. The number of halogens is 1. The van der Waals surface area contributed by atoms with E-state index in [-0.39, 0.29) is 4.21 Å². The van der Waals surface area contributed by atoms with E-state index >= 15 is 0 Å². The Labute approximate surface area is 135 Å². The fourth-order valence-electron chi connectivity index (χ4n) is 1.82. The van der Waals surface area contributed by atoms with Crippen LogP contribution in [-0.4, -0.2) is 27.5 Å². The van der Waals surface area contributed by atoms with Crippen molar-refractivity contribution >= 4 is 48.7 Å². The maximum atomic E-state index is 12.4. The fourth-order valence-corrected chi connectivity index (χ4v) is 4.55. The number of thiazole rings is 1. The van der Waals surface area contributed by atoms with Crippen molar-refractivity contribution in [2.75, 3.05) is 23.7 Å². The first-order valence-corrected chi connectivity index (χ1v) is 8.99. The van der Waals surface area contributed by atoms with Gasteiger partial charge in [-0.1, -0.05) is 27.3 Å². The molecule has 2 rings (SSSR count). The van der Waals surface area contributed by atoms with Gasteiger partial charge in [0.05, 0.1) is 11.4 Å². The summed E-state index contributed by atoms with van der Waals surface area (Å²) >= 11 is 3.99. The molecule has 1 aromatic carbocycles. The molecule has 0 aliphatic heterocycles. The maximum absolute atomic E-state index is 12.4. The van der Waals surface area contributed by atoms with Crippen LogP contribution >= 0.6 is 27.3 Å². The summed E-state index contributed by atoms with van der Waals surface area (Å²) in [5.74, 6) is 0. The zero-order chi connectivity index (χ0) is 15.8. The number of aryl methyl sites for hydroxylation is 1. The van der Waals surface area contributed by atoms with Crippen LogP contribution in [0.1, 0.15) is 5.69 Å². The van der Waals surface area contributed by atoms with Gasteiger partial charge in [0, 0.05) is 24.3 Å². The highest BCUT2D eigenvalue weighted by Gasteiger charge is 2.22. The van der Waals surface area contributed by atoms with Crippen molar-refractivity contribution < 1.29 is 8.42 Å². The predicted octanol–water partition coefficient (Wildman–Crippen LogP) is 2.37. The van der Waals surface area contributed by atoms with Gasteiger partial charge in [-0.25, -0.2) is 8.42 Å². The monoisotopic (exact) mass is 391 g/mol. The molecule has 9 heteroatoms. The lowest BCUT2D eigenvalue weighted by Crippen LogP contribution is -2.17. The second-order valence-corrected chi connectivity index (χ2v) is 8.36. The van der Waals surface area contributed by atoms with E-state index in [0.29, 0.717) is 22.7 Å². The van der Waals surface area contributed by atoms with Gasteiger partial charge in [-0.05, 0) is 25.1 Å². The molecule has 0 unspecified atom stereocenters. The number of aromatic nitrogens is 1. The molecular weight excluding hydrogens is 378 g/mol. The summed E-state index contributed by atoms with van der Waals surface area (Å²) in [5, 5.41) is 0. The fraction of sp³-hybridized carbons (Fsp3) is 0.250. The molecule has 2 aromatic rings. The van der Waals surface area contributed by atoms with Crippen molar-refractivity contribution in [3.63, 3.8) is 0 Å². The number of benzene rings is 1. The lowest BCUT2D eigenvalue weighted by atomic mass is 10.2. The van der Waals surface area contributed by atoms with Gasteiger partial charge in [0.15, 0.2) is 4.21 Å². The van der Waals surface area contributed by atoms with Crippen molar-refractivity contribution in [2.45, 2.75) is 11.1 Å². The molecule has 2 N–H and O–H groups in total. The second kappa shape index (κ2) is 5.82. The van der Waals surface area contributed by atoms with Crippen LogP contribution in [0, 0.1) is 6.92 Å². The molecule has 0 aliphatic carbocycles. The van der Waals surface area contributed by atoms with Crippen molar-refractivity contribution in [2.24, 2.45) is 0 Å². The minimum atomic E-state index is -3.81. The summed E-state index contributed by atoms with van der Waals surface area (Å²) in [6.07, 6.45) is 0. The molecule has 1 aromatic heterocycles. The summed E-state index contributed by atoms with van der Waals surface area (Å²) < 4.78 is 28.1. The lowest BCUT2D eigenvalue weighted by Gasteiger charge is -2.18. The van der Waals surface area contributed by atoms with Crippen LogP contribution in [0.4, 0.5) is 11.4 Å². The third kappa shape index (κ3) is 3.47. The van der Waals surface area contributed by atoms with Gasteiger partial charge in [-0.2, -0.15) is 0 Å². The number of rotatable bonds is 4. The van der Waals surface area contributed by atoms with Gasteiger partial charge in [-0.15, -0.1) is 0 Å². The van der Waals surface area contributed by atoms with E-state index in [0.717, 1.165) is 10.2 Å². The number of aromatic amines is 1. The Morgan fingerprint density at radius 1 is 1.33 bits per heavy atom. The van der Waals surface area contributed by atoms with Gasteiger partial charge in [0.2, 0.25) is 0 Å². The third-order valence-corrected chi connectivity index (χ3v) is 6.17. The van der Waals surface area contributed by atoms with Crippen molar-refractivity contribution in [1.82, 2.24) is 4.98 Å². The van der Waals surface area contributed by atoms with Gasteiger partial charge in [0.1, 0.15) is 0 Å². The summed E-state index contributed by atoms with van der Waals surface area (Å²) in [6.45, 7) is 1.56. The molecule has 0 radical (unpaired) electrons. The summed E-state index contributed by atoms with van der Waals surface area (Å²) in [7, 11) is -0.165. The number of H-pyrrole nitrogens is 1. The Kier molecular flexibility index (Phi) is 4.45. The van der Waals surface area contributed by atoms with Crippen molar-refractivity contribution in [1.29, 1.82) is 0 Å². The SMILES string of the molecule is Cc1[nH]c(=O)sc1S(=O)(=O)Nc1cc(Br)ccc1N(C)C. The summed E-state index contributed by atoms with van der Waals surface area (Å²) in [4.78, 5) is 15.2. The average Bonchev–Trinajstić information content (AvgIpc) is 2.68. The van der Waals surface area contributed by atoms with E-state index in [4.69, 9.17) is 0 Å². The normalized spacial score (nSPS) is 11.4. The largest absolute Gasteiger partial charge is 0.376 e. The van der Waals surface area contributed by atoms with Crippen molar-refractivity contribution in [3.8, 4) is 0 Å². The third-order valence-electron chi connectivity index (χ3n) is 2.71. The summed E-state index contributed by atoms with van der Waals surface area (Å²) in [5.41, 5.74) is 1.50. The van der Waals surface area contributed by atoms with E-state index in [1.807, 2.05) is 20.2 Å². The van der Waals surface area contributed by atoms with Crippen LogP contribution in [0.5, 0.6) is 0 Å². The number of anilines is 2. The molecule has 0 saturated heterocycles. The molecule has 0 saturated carbocycles. The number of hydrogen-bond acceptors (Lipinski definition) is 5. The van der Waals surface area contributed by atoms with Gasteiger partial charge >= 0.3 is 4.87 Å². The molecule has 0 aliphatic rings. The van der Waals surface area contributed by atoms with Crippen LogP contribution in [-0.2, 0) is 10.0 Å². The molecule has 6 nitrogen and oxygen atoms in total. The van der Waals surface area contributed by atoms with Gasteiger partial charge in [-0.3, -0.25) is 9.52 Å². The van der Waals surface area contributed by atoms with Crippen LogP contribution in [0.2, 0.25) is 0 Å². The Morgan fingerprint density at radius 3 is 2.52 bits per heavy atom. The number of hydrogen-bond donors (Lipinski definition) is 2. The molecule has 21 heavy (non-hydrogen) atoms. The molecular formula is C12H14BrN3O3S2. The highest BCUT2D eigenvalue weighted by atomic mass is 79.9. The molecule has 0 fully saturated rings. The van der Waals surface area contributed by atoms with E-state index in [9.17, 15) is 13.2 Å². The van der Waals surface area contributed by atoms with Gasteiger partial charge < -0.3 is 9.88 Å². The number of nitrogens with zero attached hydrogens (tertiary/aromatic N) is 1. The van der Waals surface area contributed by atoms with E-state index in [1.54, 1.807) is 24.0 Å². The topological polar surface area (TPSA) is 82.3 Å². The van der Waals surface area contributed by atoms with Crippen LogP contribution in [0.3, 0.4) is 0 Å². The molecule has 0 bridgehead atoms.